The molecule has 4 aromatic rings. The van der Waals surface area contributed by atoms with E-state index in [1.165, 1.54) is 18.8 Å². The molecular weight excluding hydrogens is 706 g/mol. The molecular formula is C40H46ClN9O4. The van der Waals surface area contributed by atoms with Crippen molar-refractivity contribution in [3.05, 3.63) is 83.5 Å². The number of carbonyl (C=O) groups is 3. The number of methoxy groups -OCH3 is 1. The predicted molar refractivity (Wildman–Crippen MR) is 213 cm³/mol. The van der Waals surface area contributed by atoms with E-state index in [0.29, 0.717) is 52.5 Å². The minimum atomic E-state index is -0.377. The van der Waals surface area contributed by atoms with Crippen molar-refractivity contribution in [1.82, 2.24) is 20.2 Å². The van der Waals surface area contributed by atoms with Gasteiger partial charge >= 0.3 is 0 Å². The summed E-state index contributed by atoms with van der Waals surface area (Å²) in [6.45, 7) is 8.57. The van der Waals surface area contributed by atoms with Crippen LogP contribution in [-0.2, 0) is 9.59 Å². The molecule has 7 rings (SSSR count). The molecule has 2 amide bonds. The molecule has 3 fully saturated rings. The fourth-order valence-corrected chi connectivity index (χ4v) is 7.51. The minimum absolute atomic E-state index is 0.0612. The number of rotatable bonds is 12. The molecule has 1 atom stereocenters. The number of anilines is 7. The van der Waals surface area contributed by atoms with E-state index in [0.717, 1.165) is 75.7 Å². The number of nitrogens with zero attached hydrogens (tertiary/aromatic N) is 5. The number of Topliss-reactive ketones (excluding diaryl/α,β-unsaturated/α-hetero) is 1. The number of para-hydroxylation sites is 1. The van der Waals surface area contributed by atoms with E-state index in [2.05, 4.69) is 64.1 Å². The first-order valence-electron chi connectivity index (χ1n) is 18.5. The van der Waals surface area contributed by atoms with Gasteiger partial charge in [-0.3, -0.25) is 24.6 Å². The third kappa shape index (κ3) is 8.86. The SMILES string of the molecule is COc1cc(N2CCN(CC3CCN(c4ccc(NC5CCC(=O)NC5=O)cc4)CC3)CC2)ccc1Nc1ncc(Cl)c(Nc2ccccc2C(C)=O)n1. The Morgan fingerprint density at radius 1 is 0.889 bits per heavy atom. The van der Waals surface area contributed by atoms with E-state index in [1.54, 1.807) is 13.2 Å². The van der Waals surface area contributed by atoms with Crippen LogP contribution in [-0.4, -0.2) is 91.4 Å². The van der Waals surface area contributed by atoms with Crippen LogP contribution in [0.1, 0.15) is 43.0 Å². The number of carbonyl (C=O) groups excluding carboxylic acids is 3. The molecule has 14 heteroatoms. The van der Waals surface area contributed by atoms with Gasteiger partial charge in [0.2, 0.25) is 17.8 Å². The molecule has 0 radical (unpaired) electrons. The number of aromatic nitrogens is 2. The van der Waals surface area contributed by atoms with E-state index in [9.17, 15) is 14.4 Å². The van der Waals surface area contributed by atoms with Gasteiger partial charge in [0.05, 0.1) is 24.7 Å². The van der Waals surface area contributed by atoms with Crippen LogP contribution in [0.3, 0.4) is 0 Å². The number of amides is 2. The van der Waals surface area contributed by atoms with E-state index < -0.39 is 0 Å². The Balaban J connectivity index is 0.880. The Labute approximate surface area is 320 Å². The molecule has 13 nitrogen and oxygen atoms in total. The lowest BCUT2D eigenvalue weighted by molar-refractivity contribution is -0.133. The highest BCUT2D eigenvalue weighted by Gasteiger charge is 2.27. The molecule has 4 N–H and O–H groups in total. The summed E-state index contributed by atoms with van der Waals surface area (Å²) in [5, 5.41) is 12.4. The first kappa shape index (κ1) is 36.9. The van der Waals surface area contributed by atoms with Gasteiger partial charge in [0.25, 0.3) is 0 Å². The van der Waals surface area contributed by atoms with Crippen molar-refractivity contribution in [2.24, 2.45) is 5.92 Å². The zero-order chi connectivity index (χ0) is 37.6. The van der Waals surface area contributed by atoms with Crippen LogP contribution < -0.4 is 35.8 Å². The predicted octanol–water partition coefficient (Wildman–Crippen LogP) is 6.08. The first-order chi connectivity index (χ1) is 26.2. The van der Waals surface area contributed by atoms with Crippen LogP contribution >= 0.6 is 11.6 Å². The van der Waals surface area contributed by atoms with Gasteiger partial charge in [-0.1, -0.05) is 23.7 Å². The first-order valence-corrected chi connectivity index (χ1v) is 18.9. The summed E-state index contributed by atoms with van der Waals surface area (Å²) in [6.07, 6.45) is 4.70. The third-order valence-electron chi connectivity index (χ3n) is 10.4. The van der Waals surface area contributed by atoms with Crippen molar-refractivity contribution in [3.8, 4) is 5.75 Å². The second-order valence-corrected chi connectivity index (χ2v) is 14.4. The van der Waals surface area contributed by atoms with Crippen molar-refractivity contribution in [1.29, 1.82) is 0 Å². The minimum Gasteiger partial charge on any atom is -0.494 e. The van der Waals surface area contributed by atoms with Gasteiger partial charge in [-0.15, -0.1) is 0 Å². The molecule has 3 saturated heterocycles. The fourth-order valence-electron chi connectivity index (χ4n) is 7.37. The Bertz CT molecular complexity index is 1980. The third-order valence-corrected chi connectivity index (χ3v) is 10.7. The number of piperidine rings is 2. The number of imide groups is 1. The number of nitrogens with one attached hydrogen (secondary N) is 4. The number of ketones is 1. The fraction of sp³-hybridized carbons (Fsp3) is 0.375. The van der Waals surface area contributed by atoms with Crippen molar-refractivity contribution < 1.29 is 19.1 Å². The number of benzene rings is 3. The Kier molecular flexibility index (Phi) is 11.4. The van der Waals surface area contributed by atoms with E-state index >= 15 is 0 Å². The average molecular weight is 752 g/mol. The highest BCUT2D eigenvalue weighted by atomic mass is 35.5. The molecule has 0 aliphatic carbocycles. The van der Waals surface area contributed by atoms with Crippen LogP contribution in [0.15, 0.2) is 72.9 Å². The summed E-state index contributed by atoms with van der Waals surface area (Å²) < 4.78 is 5.78. The molecule has 54 heavy (non-hydrogen) atoms. The van der Waals surface area contributed by atoms with Gasteiger partial charge in [-0.25, -0.2) is 4.98 Å². The maximum absolute atomic E-state index is 12.1. The van der Waals surface area contributed by atoms with Gasteiger partial charge < -0.3 is 30.5 Å². The summed E-state index contributed by atoms with van der Waals surface area (Å²) >= 11 is 6.42. The molecule has 1 aromatic heterocycles. The van der Waals surface area contributed by atoms with Gasteiger partial charge in [-0.2, -0.15) is 4.98 Å². The molecule has 3 aliphatic rings. The van der Waals surface area contributed by atoms with Crippen LogP contribution in [0.5, 0.6) is 5.75 Å². The number of hydrogen-bond acceptors (Lipinski definition) is 12. The standard InChI is InChI=1S/C40H46ClN9O4/c1-26(51)31-5-3-4-6-33(31)44-38-32(41)24-42-40(47-38)45-34-12-11-30(23-36(34)54-2)50-21-19-48(20-22-50)25-27-15-17-49(18-16-27)29-9-7-28(8-10-29)43-35-13-14-37(52)46-39(35)53/h3-12,23-24,27,35,43H,13-22,25H2,1-2H3,(H,46,52,53)(H2,42,44,45,47). The highest BCUT2D eigenvalue weighted by molar-refractivity contribution is 6.33. The average Bonchev–Trinajstić information content (AvgIpc) is 3.18. The number of hydrogen-bond donors (Lipinski definition) is 4. The van der Waals surface area contributed by atoms with Crippen LogP contribution in [0.25, 0.3) is 0 Å². The molecule has 0 spiro atoms. The second-order valence-electron chi connectivity index (χ2n) is 14.0. The lowest BCUT2D eigenvalue weighted by atomic mass is 9.95. The zero-order valence-corrected chi connectivity index (χ0v) is 31.4. The zero-order valence-electron chi connectivity index (χ0n) is 30.6. The van der Waals surface area contributed by atoms with Crippen molar-refractivity contribution in [2.75, 3.05) is 78.7 Å². The second kappa shape index (κ2) is 16.7. The van der Waals surface area contributed by atoms with Crippen molar-refractivity contribution in [3.63, 3.8) is 0 Å². The normalized spacial score (nSPS) is 18.2. The lowest BCUT2D eigenvalue weighted by Crippen LogP contribution is -2.49. The Morgan fingerprint density at radius 2 is 1.61 bits per heavy atom. The molecule has 1 unspecified atom stereocenters. The summed E-state index contributed by atoms with van der Waals surface area (Å²) in [4.78, 5) is 52.0. The summed E-state index contributed by atoms with van der Waals surface area (Å²) in [6, 6.07) is 21.2. The number of ether oxygens (including phenoxy) is 1. The highest BCUT2D eigenvalue weighted by Crippen LogP contribution is 2.34. The maximum atomic E-state index is 12.1. The van der Waals surface area contributed by atoms with Gasteiger partial charge in [0.15, 0.2) is 11.6 Å². The Morgan fingerprint density at radius 3 is 2.33 bits per heavy atom. The van der Waals surface area contributed by atoms with Crippen LogP contribution in [0.4, 0.5) is 40.2 Å². The van der Waals surface area contributed by atoms with Gasteiger partial charge in [-0.05, 0) is 80.6 Å². The topological polar surface area (TPSA) is 144 Å². The molecule has 0 bridgehead atoms. The Hall–Kier alpha value is -5.40. The maximum Gasteiger partial charge on any atom is 0.249 e. The van der Waals surface area contributed by atoms with Crippen LogP contribution in [0.2, 0.25) is 5.02 Å². The van der Waals surface area contributed by atoms with Gasteiger partial charge in [0.1, 0.15) is 16.8 Å². The van der Waals surface area contributed by atoms with Gasteiger partial charge in [0, 0.05) is 80.9 Å². The molecule has 3 aromatic carbocycles. The van der Waals surface area contributed by atoms with Crippen molar-refractivity contribution >= 4 is 69.4 Å². The van der Waals surface area contributed by atoms with E-state index in [4.69, 9.17) is 16.3 Å². The molecule has 0 saturated carbocycles. The molecule has 3 aliphatic heterocycles. The lowest BCUT2D eigenvalue weighted by Gasteiger charge is -2.40. The monoisotopic (exact) mass is 751 g/mol. The van der Waals surface area contributed by atoms with Crippen molar-refractivity contribution in [2.45, 2.75) is 38.6 Å². The quantitative estimate of drug-likeness (QED) is 0.0984. The largest absolute Gasteiger partial charge is 0.494 e. The summed E-state index contributed by atoms with van der Waals surface area (Å²) in [7, 11) is 1.65. The molecule has 4 heterocycles. The van der Waals surface area contributed by atoms with Crippen LogP contribution in [0, 0.1) is 5.92 Å². The number of piperazine rings is 1. The summed E-state index contributed by atoms with van der Waals surface area (Å²) in [5.41, 5.74) is 5.07. The molecule has 282 valence electrons. The smallest absolute Gasteiger partial charge is 0.249 e. The van der Waals surface area contributed by atoms with E-state index in [1.807, 2.05) is 42.5 Å². The van der Waals surface area contributed by atoms with E-state index in [-0.39, 0.29) is 23.6 Å². The number of halogens is 1. The summed E-state index contributed by atoms with van der Waals surface area (Å²) in [5.74, 6) is 1.54.